The second-order valence-electron chi connectivity index (χ2n) is 5.29. The van der Waals surface area contributed by atoms with Crippen molar-refractivity contribution in [2.75, 3.05) is 7.11 Å². The van der Waals surface area contributed by atoms with E-state index in [0.29, 0.717) is 24.0 Å². The van der Waals surface area contributed by atoms with Gasteiger partial charge in [-0.1, -0.05) is 12.1 Å². The first kappa shape index (κ1) is 15.9. The van der Waals surface area contributed by atoms with Gasteiger partial charge in [0, 0.05) is 23.7 Å². The van der Waals surface area contributed by atoms with Crippen LogP contribution in [0.25, 0.3) is 11.5 Å². The van der Waals surface area contributed by atoms with Gasteiger partial charge in [0.15, 0.2) is 5.82 Å². The zero-order valence-electron chi connectivity index (χ0n) is 13.9. The summed E-state index contributed by atoms with van der Waals surface area (Å²) in [5.74, 6) is 1.85. The van der Waals surface area contributed by atoms with Gasteiger partial charge in [0.2, 0.25) is 5.88 Å². The van der Waals surface area contributed by atoms with Crippen LogP contribution < -0.4 is 9.47 Å². The maximum Gasteiger partial charge on any atom is 0.220 e. The lowest BCUT2D eigenvalue weighted by Gasteiger charge is -2.12. The summed E-state index contributed by atoms with van der Waals surface area (Å²) in [5.41, 5.74) is 3.38. The molecule has 0 atom stereocenters. The predicted molar refractivity (Wildman–Crippen MR) is 89.9 cm³/mol. The van der Waals surface area contributed by atoms with E-state index in [1.165, 1.54) is 0 Å². The van der Waals surface area contributed by atoms with Crippen LogP contribution in [0.15, 0.2) is 42.9 Å². The van der Waals surface area contributed by atoms with E-state index in [4.69, 9.17) is 9.47 Å². The molecule has 0 saturated carbocycles. The number of hydrogen-bond donors (Lipinski definition) is 0. The molecule has 0 N–H and O–H groups in total. The smallest absolute Gasteiger partial charge is 0.220 e. The van der Waals surface area contributed by atoms with Gasteiger partial charge in [0.1, 0.15) is 18.1 Å². The molecule has 0 fully saturated rings. The van der Waals surface area contributed by atoms with Crippen LogP contribution in [0, 0.1) is 13.8 Å². The summed E-state index contributed by atoms with van der Waals surface area (Å²) in [4.78, 5) is 17.3. The van der Waals surface area contributed by atoms with Crippen LogP contribution in [0.3, 0.4) is 0 Å². The van der Waals surface area contributed by atoms with E-state index in [2.05, 4.69) is 19.9 Å². The molecule has 6 nitrogen and oxygen atoms in total. The number of benzene rings is 1. The number of nitrogens with zero attached hydrogens (tertiary/aromatic N) is 4. The second-order valence-corrected chi connectivity index (χ2v) is 5.29. The molecule has 24 heavy (non-hydrogen) atoms. The van der Waals surface area contributed by atoms with Gasteiger partial charge in [0.05, 0.1) is 13.3 Å². The average molecular weight is 322 g/mol. The maximum absolute atomic E-state index is 5.91. The normalized spacial score (nSPS) is 10.5. The number of aromatic nitrogens is 4. The minimum Gasteiger partial charge on any atom is -0.497 e. The average Bonchev–Trinajstić information content (AvgIpc) is 2.63. The molecular formula is C18H18N4O2. The van der Waals surface area contributed by atoms with Crippen LogP contribution in [0.1, 0.15) is 16.8 Å². The van der Waals surface area contributed by atoms with Gasteiger partial charge in [-0.05, 0) is 31.5 Å². The summed E-state index contributed by atoms with van der Waals surface area (Å²) >= 11 is 0. The van der Waals surface area contributed by atoms with Gasteiger partial charge in [-0.2, -0.15) is 4.98 Å². The second kappa shape index (κ2) is 7.04. The van der Waals surface area contributed by atoms with Crippen LogP contribution in [0.4, 0.5) is 0 Å². The molecule has 0 radical (unpaired) electrons. The van der Waals surface area contributed by atoms with E-state index in [9.17, 15) is 0 Å². The van der Waals surface area contributed by atoms with Crippen LogP contribution in [0.5, 0.6) is 11.6 Å². The van der Waals surface area contributed by atoms with Crippen molar-refractivity contribution in [1.29, 1.82) is 0 Å². The summed E-state index contributed by atoms with van der Waals surface area (Å²) in [5, 5.41) is 0. The van der Waals surface area contributed by atoms with E-state index in [1.807, 2.05) is 38.1 Å². The third kappa shape index (κ3) is 3.48. The fourth-order valence-electron chi connectivity index (χ4n) is 2.19. The van der Waals surface area contributed by atoms with Gasteiger partial charge in [-0.15, -0.1) is 0 Å². The number of aryl methyl sites for hydroxylation is 1. The van der Waals surface area contributed by atoms with E-state index in [0.717, 1.165) is 22.6 Å². The highest BCUT2D eigenvalue weighted by Crippen LogP contribution is 2.23. The molecule has 2 heterocycles. The lowest BCUT2D eigenvalue weighted by molar-refractivity contribution is 0.290. The largest absolute Gasteiger partial charge is 0.497 e. The summed E-state index contributed by atoms with van der Waals surface area (Å²) in [7, 11) is 1.64. The molecule has 3 aromatic rings. The van der Waals surface area contributed by atoms with Crippen molar-refractivity contribution >= 4 is 0 Å². The van der Waals surface area contributed by atoms with E-state index >= 15 is 0 Å². The van der Waals surface area contributed by atoms with Crippen molar-refractivity contribution in [3.63, 3.8) is 0 Å². The highest BCUT2D eigenvalue weighted by molar-refractivity contribution is 5.49. The van der Waals surface area contributed by atoms with Crippen LogP contribution in [-0.2, 0) is 6.61 Å². The zero-order valence-corrected chi connectivity index (χ0v) is 13.9. The molecule has 6 heteroatoms. The first-order valence-corrected chi connectivity index (χ1v) is 7.54. The van der Waals surface area contributed by atoms with E-state index in [-0.39, 0.29) is 0 Å². The Balaban J connectivity index is 1.86. The van der Waals surface area contributed by atoms with Gasteiger partial charge >= 0.3 is 0 Å². The lowest BCUT2D eigenvalue weighted by Crippen LogP contribution is -2.04. The molecule has 0 aliphatic rings. The molecule has 0 spiro atoms. The molecule has 0 aliphatic carbocycles. The fourth-order valence-corrected chi connectivity index (χ4v) is 2.19. The topological polar surface area (TPSA) is 70.0 Å². The van der Waals surface area contributed by atoms with Crippen LogP contribution in [0.2, 0.25) is 0 Å². The minimum absolute atomic E-state index is 0.397. The molecule has 0 bridgehead atoms. The standard InChI is InChI=1S/C18H18N4O2/c1-12-13(2)21-17(16-10-19-7-8-20-16)22-18(12)24-11-14-5-4-6-15(9-14)23-3/h4-10H,11H2,1-3H3. The highest BCUT2D eigenvalue weighted by Gasteiger charge is 2.12. The summed E-state index contributed by atoms with van der Waals surface area (Å²) in [6.07, 6.45) is 4.87. The van der Waals surface area contributed by atoms with Crippen LogP contribution in [-0.4, -0.2) is 27.0 Å². The van der Waals surface area contributed by atoms with Crippen molar-refractivity contribution in [3.8, 4) is 23.1 Å². The highest BCUT2D eigenvalue weighted by atomic mass is 16.5. The van der Waals surface area contributed by atoms with Crippen molar-refractivity contribution in [3.05, 3.63) is 59.7 Å². The molecule has 3 rings (SSSR count). The van der Waals surface area contributed by atoms with Crippen molar-refractivity contribution in [2.24, 2.45) is 0 Å². The molecule has 0 amide bonds. The van der Waals surface area contributed by atoms with Crippen LogP contribution >= 0.6 is 0 Å². The Bertz CT molecular complexity index is 838. The molecule has 1 aromatic carbocycles. The molecule has 0 unspecified atom stereocenters. The minimum atomic E-state index is 0.397. The molecule has 122 valence electrons. The van der Waals surface area contributed by atoms with Gasteiger partial charge in [-0.3, -0.25) is 4.98 Å². The maximum atomic E-state index is 5.91. The summed E-state index contributed by atoms with van der Waals surface area (Å²) in [6.45, 7) is 4.26. The summed E-state index contributed by atoms with van der Waals surface area (Å²) < 4.78 is 11.1. The predicted octanol–water partition coefficient (Wildman–Crippen LogP) is 3.14. The van der Waals surface area contributed by atoms with E-state index in [1.54, 1.807) is 25.7 Å². The third-order valence-corrected chi connectivity index (χ3v) is 3.65. The molecular weight excluding hydrogens is 304 g/mol. The zero-order chi connectivity index (χ0) is 16.9. The first-order valence-electron chi connectivity index (χ1n) is 7.54. The van der Waals surface area contributed by atoms with Gasteiger partial charge in [-0.25, -0.2) is 9.97 Å². The Hall–Kier alpha value is -3.02. The Labute approximate surface area is 140 Å². The SMILES string of the molecule is COc1cccc(COc2nc(-c3cnccn3)nc(C)c2C)c1. The molecule has 0 saturated heterocycles. The number of methoxy groups -OCH3 is 1. The first-order chi connectivity index (χ1) is 11.7. The van der Waals surface area contributed by atoms with Gasteiger partial charge in [0.25, 0.3) is 0 Å². The van der Waals surface area contributed by atoms with Crippen molar-refractivity contribution in [2.45, 2.75) is 20.5 Å². The van der Waals surface area contributed by atoms with Gasteiger partial charge < -0.3 is 9.47 Å². The number of hydrogen-bond acceptors (Lipinski definition) is 6. The fraction of sp³-hybridized carbons (Fsp3) is 0.222. The number of ether oxygens (including phenoxy) is 2. The van der Waals surface area contributed by atoms with E-state index < -0.39 is 0 Å². The quantitative estimate of drug-likeness (QED) is 0.719. The monoisotopic (exact) mass is 322 g/mol. The molecule has 2 aromatic heterocycles. The summed E-state index contributed by atoms with van der Waals surface area (Å²) in [6, 6.07) is 7.75. The number of rotatable bonds is 5. The third-order valence-electron chi connectivity index (χ3n) is 3.65. The lowest BCUT2D eigenvalue weighted by atomic mass is 10.2. The molecule has 0 aliphatic heterocycles. The Morgan fingerprint density at radius 2 is 1.96 bits per heavy atom. The van der Waals surface area contributed by atoms with Crippen molar-refractivity contribution < 1.29 is 9.47 Å². The Morgan fingerprint density at radius 3 is 2.71 bits per heavy atom. The Morgan fingerprint density at radius 1 is 1.08 bits per heavy atom. The van der Waals surface area contributed by atoms with Crippen molar-refractivity contribution in [1.82, 2.24) is 19.9 Å². The Kier molecular flexibility index (Phi) is 4.65.